The molecule has 0 aliphatic heterocycles. The molecule has 5 heteroatoms. The summed E-state index contributed by atoms with van der Waals surface area (Å²) in [4.78, 5) is 1.28. The summed E-state index contributed by atoms with van der Waals surface area (Å²) >= 11 is 13.6. The lowest BCUT2D eigenvalue weighted by Crippen LogP contribution is -2.24. The first-order valence-electron chi connectivity index (χ1n) is 6.42. The van der Waals surface area contributed by atoms with Gasteiger partial charge < -0.3 is 10.4 Å². The minimum absolute atomic E-state index is 0.0947. The predicted octanol–water partition coefficient (Wildman–Crippen LogP) is 5.25. The van der Waals surface area contributed by atoms with Gasteiger partial charge in [-0.15, -0.1) is 11.3 Å². The van der Waals surface area contributed by atoms with Crippen LogP contribution in [0.15, 0.2) is 29.6 Å². The highest BCUT2D eigenvalue weighted by molar-refractivity contribution is 7.10. The summed E-state index contributed by atoms with van der Waals surface area (Å²) in [7, 11) is 0. The van der Waals surface area contributed by atoms with Crippen LogP contribution < -0.4 is 5.32 Å². The Morgan fingerprint density at radius 1 is 1.30 bits per heavy atom. The van der Waals surface area contributed by atoms with Crippen LogP contribution in [0.4, 0.5) is 0 Å². The van der Waals surface area contributed by atoms with Gasteiger partial charge in [0.2, 0.25) is 0 Å². The molecule has 1 aromatic heterocycles. The predicted molar refractivity (Wildman–Crippen MR) is 86.9 cm³/mol. The van der Waals surface area contributed by atoms with Gasteiger partial charge >= 0.3 is 0 Å². The summed E-state index contributed by atoms with van der Waals surface area (Å²) in [5, 5.41) is 16.3. The number of thiophene rings is 1. The molecule has 1 atom stereocenters. The zero-order valence-corrected chi connectivity index (χ0v) is 13.7. The van der Waals surface area contributed by atoms with Gasteiger partial charge in [-0.05, 0) is 29.5 Å². The van der Waals surface area contributed by atoms with Crippen LogP contribution in [0.3, 0.4) is 0 Å². The molecule has 0 aliphatic rings. The molecule has 2 rings (SSSR count). The molecule has 0 spiro atoms. The maximum atomic E-state index is 9.98. The van der Waals surface area contributed by atoms with Gasteiger partial charge in [0.15, 0.2) is 0 Å². The largest absolute Gasteiger partial charge is 0.506 e. The van der Waals surface area contributed by atoms with Crippen molar-refractivity contribution in [1.82, 2.24) is 5.32 Å². The van der Waals surface area contributed by atoms with E-state index in [9.17, 15) is 5.11 Å². The number of nitrogens with one attached hydrogen (secondary N) is 1. The molecule has 0 saturated heterocycles. The van der Waals surface area contributed by atoms with Gasteiger partial charge in [0.25, 0.3) is 0 Å². The topological polar surface area (TPSA) is 32.3 Å². The maximum Gasteiger partial charge on any atom is 0.138 e. The highest BCUT2D eigenvalue weighted by atomic mass is 35.5. The van der Waals surface area contributed by atoms with Crippen molar-refractivity contribution in [1.29, 1.82) is 0 Å². The van der Waals surface area contributed by atoms with E-state index in [-0.39, 0.29) is 16.8 Å². The number of benzene rings is 1. The molecule has 1 unspecified atom stereocenters. The van der Waals surface area contributed by atoms with Crippen LogP contribution in [0.2, 0.25) is 10.0 Å². The smallest absolute Gasteiger partial charge is 0.138 e. The number of phenolic OH excluding ortho intramolecular Hbond substituents is 1. The summed E-state index contributed by atoms with van der Waals surface area (Å²) in [6.07, 6.45) is 0. The molecule has 2 N–H and O–H groups in total. The lowest BCUT2D eigenvalue weighted by Gasteiger charge is -2.22. The van der Waals surface area contributed by atoms with Crippen molar-refractivity contribution in [2.24, 2.45) is 5.92 Å². The molecule has 108 valence electrons. The Labute approximate surface area is 133 Å². The average molecular weight is 330 g/mol. The van der Waals surface area contributed by atoms with Gasteiger partial charge in [-0.3, -0.25) is 0 Å². The van der Waals surface area contributed by atoms with Crippen LogP contribution in [0.5, 0.6) is 5.75 Å². The number of phenols is 1. The Hall–Kier alpha value is -0.740. The third kappa shape index (κ3) is 3.67. The summed E-state index contributed by atoms with van der Waals surface area (Å²) in [6, 6.07) is 7.69. The number of hydrogen-bond donors (Lipinski definition) is 2. The minimum atomic E-state index is 0.0947. The first kappa shape index (κ1) is 15.6. The highest BCUT2D eigenvalue weighted by Gasteiger charge is 2.17. The summed E-state index contributed by atoms with van der Waals surface area (Å²) in [5.41, 5.74) is 0.713. The van der Waals surface area contributed by atoms with E-state index < -0.39 is 0 Å². The van der Waals surface area contributed by atoms with Crippen molar-refractivity contribution in [3.05, 3.63) is 50.1 Å². The molecule has 0 bridgehead atoms. The van der Waals surface area contributed by atoms with E-state index in [2.05, 4.69) is 30.6 Å². The van der Waals surface area contributed by atoms with Crippen LogP contribution in [0.25, 0.3) is 0 Å². The number of rotatable bonds is 5. The van der Waals surface area contributed by atoms with Gasteiger partial charge in [-0.1, -0.05) is 43.1 Å². The molecular weight excluding hydrogens is 313 g/mol. The van der Waals surface area contributed by atoms with E-state index in [0.717, 1.165) is 0 Å². The van der Waals surface area contributed by atoms with Gasteiger partial charge in [0.1, 0.15) is 5.75 Å². The fraction of sp³-hybridized carbons (Fsp3) is 0.333. The third-order valence-electron chi connectivity index (χ3n) is 3.14. The Bertz CT molecular complexity index is 570. The summed E-state index contributed by atoms with van der Waals surface area (Å²) in [6.45, 7) is 4.86. The van der Waals surface area contributed by atoms with E-state index in [0.29, 0.717) is 23.0 Å². The molecule has 0 saturated carbocycles. The van der Waals surface area contributed by atoms with Crippen LogP contribution in [-0.4, -0.2) is 5.11 Å². The van der Waals surface area contributed by atoms with Gasteiger partial charge in [0, 0.05) is 28.0 Å². The second kappa shape index (κ2) is 6.81. The molecule has 1 aromatic carbocycles. The fourth-order valence-corrected chi connectivity index (χ4v) is 3.62. The zero-order chi connectivity index (χ0) is 14.7. The van der Waals surface area contributed by atoms with E-state index in [4.69, 9.17) is 23.2 Å². The standard InChI is InChI=1S/C15H17Cl2NOS/c1-9(2)14(13-4-3-5-20-13)18-8-10-6-11(16)7-12(17)15(10)19/h3-7,9,14,18-19H,8H2,1-2H3. The van der Waals surface area contributed by atoms with Crippen molar-refractivity contribution in [2.75, 3.05) is 0 Å². The summed E-state index contributed by atoms with van der Waals surface area (Å²) in [5.74, 6) is 0.544. The average Bonchev–Trinajstić information content (AvgIpc) is 2.88. The van der Waals surface area contributed by atoms with E-state index in [1.807, 2.05) is 6.07 Å². The molecule has 20 heavy (non-hydrogen) atoms. The molecule has 0 aliphatic carbocycles. The Morgan fingerprint density at radius 2 is 2.05 bits per heavy atom. The monoisotopic (exact) mass is 329 g/mol. The number of hydrogen-bond acceptors (Lipinski definition) is 3. The van der Waals surface area contributed by atoms with Gasteiger partial charge in [-0.2, -0.15) is 0 Å². The normalized spacial score (nSPS) is 12.8. The second-order valence-electron chi connectivity index (χ2n) is 5.01. The lowest BCUT2D eigenvalue weighted by atomic mass is 10.0. The molecule has 2 nitrogen and oxygen atoms in total. The van der Waals surface area contributed by atoms with Crippen LogP contribution >= 0.6 is 34.5 Å². The highest BCUT2D eigenvalue weighted by Crippen LogP contribution is 2.32. The van der Waals surface area contributed by atoms with Crippen molar-refractivity contribution in [3.8, 4) is 5.75 Å². The Morgan fingerprint density at radius 3 is 2.65 bits per heavy atom. The zero-order valence-electron chi connectivity index (χ0n) is 11.4. The third-order valence-corrected chi connectivity index (χ3v) is 4.60. The number of aromatic hydroxyl groups is 1. The van der Waals surface area contributed by atoms with Gasteiger partial charge in [0.05, 0.1) is 5.02 Å². The van der Waals surface area contributed by atoms with Crippen molar-refractivity contribution in [2.45, 2.75) is 26.4 Å². The van der Waals surface area contributed by atoms with Crippen molar-refractivity contribution < 1.29 is 5.11 Å². The van der Waals surface area contributed by atoms with Crippen LogP contribution in [0.1, 0.15) is 30.3 Å². The number of halogens is 2. The SMILES string of the molecule is CC(C)C(NCc1cc(Cl)cc(Cl)c1O)c1cccs1. The van der Waals surface area contributed by atoms with Crippen LogP contribution in [0, 0.1) is 5.92 Å². The van der Waals surface area contributed by atoms with Gasteiger partial charge in [-0.25, -0.2) is 0 Å². The van der Waals surface area contributed by atoms with E-state index in [1.54, 1.807) is 23.5 Å². The molecule has 0 radical (unpaired) electrons. The van der Waals surface area contributed by atoms with Crippen LogP contribution in [-0.2, 0) is 6.54 Å². The molecule has 2 aromatic rings. The minimum Gasteiger partial charge on any atom is -0.506 e. The first-order chi connectivity index (χ1) is 9.49. The lowest BCUT2D eigenvalue weighted by molar-refractivity contribution is 0.407. The molecule has 1 heterocycles. The molecule has 0 fully saturated rings. The maximum absolute atomic E-state index is 9.98. The van der Waals surface area contributed by atoms with Crippen molar-refractivity contribution >= 4 is 34.5 Å². The van der Waals surface area contributed by atoms with E-state index >= 15 is 0 Å². The second-order valence-corrected chi connectivity index (χ2v) is 6.84. The Balaban J connectivity index is 2.14. The molecular formula is C15H17Cl2NOS. The molecule has 0 amide bonds. The van der Waals surface area contributed by atoms with Crippen molar-refractivity contribution in [3.63, 3.8) is 0 Å². The van der Waals surface area contributed by atoms with E-state index in [1.165, 1.54) is 4.88 Å². The quantitative estimate of drug-likeness (QED) is 0.785. The summed E-state index contributed by atoms with van der Waals surface area (Å²) < 4.78 is 0. The Kier molecular flexibility index (Phi) is 5.33. The fourth-order valence-electron chi connectivity index (χ4n) is 2.11. The first-order valence-corrected chi connectivity index (χ1v) is 8.06.